The number of benzene rings is 2. The first kappa shape index (κ1) is 24.7. The third kappa shape index (κ3) is 5.90. The second-order valence-corrected chi connectivity index (χ2v) is 7.50. The first-order valence-corrected chi connectivity index (χ1v) is 10.7. The van der Waals surface area contributed by atoms with Gasteiger partial charge in [-0.15, -0.1) is 0 Å². The number of nitriles is 1. The molecule has 0 aliphatic carbocycles. The molecule has 3 rings (SSSR count). The van der Waals surface area contributed by atoms with Gasteiger partial charge in [-0.25, -0.2) is 4.79 Å². The molecule has 1 amide bonds. The number of furan rings is 1. The Balaban J connectivity index is 1.94. The zero-order valence-corrected chi connectivity index (χ0v) is 19.7. The van der Waals surface area contributed by atoms with Crippen molar-refractivity contribution in [1.29, 1.82) is 5.26 Å². The zero-order valence-electron chi connectivity index (χ0n) is 18.1. The van der Waals surface area contributed by atoms with E-state index in [9.17, 15) is 14.9 Å². The highest BCUT2D eigenvalue weighted by atomic mass is 35.5. The Morgan fingerprint density at radius 1 is 1.09 bits per heavy atom. The number of nitrogens with one attached hydrogen (secondary N) is 2. The molecule has 1 heterocycles. The number of esters is 1. The molecule has 0 spiro atoms. The van der Waals surface area contributed by atoms with Gasteiger partial charge in [-0.05, 0) is 55.5 Å². The van der Waals surface area contributed by atoms with Gasteiger partial charge in [-0.3, -0.25) is 4.79 Å². The molecule has 1 aromatic heterocycles. The highest BCUT2D eigenvalue weighted by Gasteiger charge is 2.26. The van der Waals surface area contributed by atoms with Crippen LogP contribution in [0, 0.1) is 11.3 Å². The van der Waals surface area contributed by atoms with Gasteiger partial charge < -0.3 is 24.5 Å². The van der Waals surface area contributed by atoms with Crippen LogP contribution in [0.5, 0.6) is 5.75 Å². The number of hydrogen-bond donors (Lipinski definition) is 2. The molecule has 0 unspecified atom stereocenters. The van der Waals surface area contributed by atoms with Crippen LogP contribution in [0.25, 0.3) is 6.08 Å². The molecule has 10 heteroatoms. The van der Waals surface area contributed by atoms with Crippen molar-refractivity contribution in [3.63, 3.8) is 0 Å². The Kier molecular flexibility index (Phi) is 8.19. The summed E-state index contributed by atoms with van der Waals surface area (Å²) in [6, 6.07) is 15.0. The highest BCUT2D eigenvalue weighted by molar-refractivity contribution is 6.36. The predicted octanol–water partition coefficient (Wildman–Crippen LogP) is 6.06. The van der Waals surface area contributed by atoms with Crippen LogP contribution >= 0.6 is 23.2 Å². The molecule has 174 valence electrons. The normalized spacial score (nSPS) is 10.9. The second kappa shape index (κ2) is 11.3. The first-order valence-electron chi connectivity index (χ1n) is 9.95. The van der Waals surface area contributed by atoms with E-state index in [1.165, 1.54) is 7.11 Å². The van der Waals surface area contributed by atoms with Gasteiger partial charge in [0.25, 0.3) is 5.91 Å². The minimum Gasteiger partial charge on any atom is -0.497 e. The Morgan fingerprint density at radius 2 is 1.74 bits per heavy atom. The number of anilines is 3. The van der Waals surface area contributed by atoms with Crippen molar-refractivity contribution >= 4 is 58.4 Å². The van der Waals surface area contributed by atoms with Crippen molar-refractivity contribution in [3.05, 3.63) is 75.5 Å². The summed E-state index contributed by atoms with van der Waals surface area (Å²) >= 11 is 12.3. The van der Waals surface area contributed by atoms with Gasteiger partial charge in [0.15, 0.2) is 5.76 Å². The fourth-order valence-electron chi connectivity index (χ4n) is 2.81. The molecule has 0 bridgehead atoms. The lowest BCUT2D eigenvalue weighted by molar-refractivity contribution is -0.112. The summed E-state index contributed by atoms with van der Waals surface area (Å²) in [7, 11) is 1.53. The van der Waals surface area contributed by atoms with E-state index in [4.69, 9.17) is 37.1 Å². The highest BCUT2D eigenvalue weighted by Crippen LogP contribution is 2.36. The molecule has 2 N–H and O–H groups in total. The summed E-state index contributed by atoms with van der Waals surface area (Å²) in [5.74, 6) is -0.880. The summed E-state index contributed by atoms with van der Waals surface area (Å²) in [6.45, 7) is 1.76. The lowest BCUT2D eigenvalue weighted by Gasteiger charge is -2.06. The number of methoxy groups -OCH3 is 1. The number of carbonyl (C=O) groups is 2. The summed E-state index contributed by atoms with van der Waals surface area (Å²) in [4.78, 5) is 25.2. The lowest BCUT2D eigenvalue weighted by Crippen LogP contribution is -2.13. The van der Waals surface area contributed by atoms with Crippen LogP contribution in [0.4, 0.5) is 17.3 Å². The average Bonchev–Trinajstić information content (AvgIpc) is 3.13. The molecule has 0 saturated carbocycles. The molecule has 0 aliphatic heterocycles. The SMILES string of the molecule is CCOC(=O)c1c(Nc2ccc(Cl)cc2)oc(/C=C(\C#N)C(=O)Nc2ccc(OC)cc2)c1Cl. The third-order valence-corrected chi connectivity index (χ3v) is 5.07. The van der Waals surface area contributed by atoms with E-state index in [2.05, 4.69) is 10.6 Å². The summed E-state index contributed by atoms with van der Waals surface area (Å²) in [5, 5.41) is 15.5. The Hall–Kier alpha value is -3.93. The molecule has 0 atom stereocenters. The second-order valence-electron chi connectivity index (χ2n) is 6.69. The largest absolute Gasteiger partial charge is 0.497 e. The maximum absolute atomic E-state index is 12.6. The van der Waals surface area contributed by atoms with Crippen molar-refractivity contribution < 1.29 is 23.5 Å². The van der Waals surface area contributed by atoms with Gasteiger partial charge in [-0.1, -0.05) is 23.2 Å². The number of halogens is 2. The maximum Gasteiger partial charge on any atom is 0.345 e. The van der Waals surface area contributed by atoms with Crippen molar-refractivity contribution in [2.24, 2.45) is 0 Å². The summed E-state index contributed by atoms with van der Waals surface area (Å²) < 4.78 is 15.9. The predicted molar refractivity (Wildman–Crippen MR) is 130 cm³/mol. The van der Waals surface area contributed by atoms with Crippen molar-refractivity contribution in [2.45, 2.75) is 6.92 Å². The smallest absolute Gasteiger partial charge is 0.345 e. The van der Waals surface area contributed by atoms with Gasteiger partial charge >= 0.3 is 5.97 Å². The molecular formula is C24H19Cl2N3O5. The molecule has 3 aromatic rings. The number of carbonyl (C=O) groups excluding carboxylic acids is 2. The number of hydrogen-bond acceptors (Lipinski definition) is 7. The van der Waals surface area contributed by atoms with E-state index in [0.29, 0.717) is 22.1 Å². The maximum atomic E-state index is 12.6. The molecule has 0 radical (unpaired) electrons. The summed E-state index contributed by atoms with van der Waals surface area (Å²) in [5.41, 5.74) is 0.654. The topological polar surface area (TPSA) is 114 Å². The molecule has 34 heavy (non-hydrogen) atoms. The van der Waals surface area contributed by atoms with Gasteiger partial charge in [0.05, 0.1) is 13.7 Å². The van der Waals surface area contributed by atoms with Crippen molar-refractivity contribution in [1.82, 2.24) is 0 Å². The fourth-order valence-corrected chi connectivity index (χ4v) is 3.19. The number of nitrogens with zero attached hydrogens (tertiary/aromatic N) is 1. The van der Waals surface area contributed by atoms with Crippen LogP contribution in [0.2, 0.25) is 10.0 Å². The minimum atomic E-state index is -0.728. The Labute approximate surface area is 205 Å². The molecule has 0 fully saturated rings. The lowest BCUT2D eigenvalue weighted by atomic mass is 10.2. The first-order chi connectivity index (χ1) is 16.4. The molecular weight excluding hydrogens is 481 g/mol. The standard InChI is InChI=1S/C24H19Cl2N3O5/c1-3-33-24(31)20-21(26)19(34-23(20)29-17-6-4-15(25)5-7-17)12-14(13-27)22(30)28-16-8-10-18(32-2)11-9-16/h4-12,29H,3H2,1-2H3,(H,28,30)/b14-12+. The van der Waals surface area contributed by atoms with E-state index in [1.54, 1.807) is 55.5 Å². The molecule has 2 aromatic carbocycles. The number of ether oxygens (including phenoxy) is 2. The minimum absolute atomic E-state index is 0.00938. The van der Waals surface area contributed by atoms with Crippen LogP contribution in [0.15, 0.2) is 58.5 Å². The number of amides is 1. The van der Waals surface area contributed by atoms with E-state index in [-0.39, 0.29) is 34.4 Å². The molecule has 0 saturated heterocycles. The molecule has 8 nitrogen and oxygen atoms in total. The van der Waals surface area contributed by atoms with Gasteiger partial charge in [0, 0.05) is 22.5 Å². The van der Waals surface area contributed by atoms with E-state index >= 15 is 0 Å². The number of rotatable bonds is 8. The van der Waals surface area contributed by atoms with Gasteiger partial charge in [0.1, 0.15) is 28.0 Å². The van der Waals surface area contributed by atoms with Crippen LogP contribution in [-0.2, 0) is 9.53 Å². The van der Waals surface area contributed by atoms with Crippen LogP contribution in [0.1, 0.15) is 23.0 Å². The Bertz CT molecular complexity index is 1260. The fraction of sp³-hybridized carbons (Fsp3) is 0.125. The van der Waals surface area contributed by atoms with Crippen molar-refractivity contribution in [2.75, 3.05) is 24.4 Å². The van der Waals surface area contributed by atoms with E-state index in [0.717, 1.165) is 6.08 Å². The van der Waals surface area contributed by atoms with E-state index < -0.39 is 11.9 Å². The van der Waals surface area contributed by atoms with Crippen molar-refractivity contribution in [3.8, 4) is 11.8 Å². The van der Waals surface area contributed by atoms with Crippen LogP contribution in [-0.4, -0.2) is 25.6 Å². The van der Waals surface area contributed by atoms with E-state index in [1.807, 2.05) is 6.07 Å². The quantitative estimate of drug-likeness (QED) is 0.220. The van der Waals surface area contributed by atoms with Gasteiger partial charge in [0.2, 0.25) is 5.88 Å². The average molecular weight is 500 g/mol. The summed E-state index contributed by atoms with van der Waals surface area (Å²) in [6.07, 6.45) is 1.15. The monoisotopic (exact) mass is 499 g/mol. The van der Waals surface area contributed by atoms with Crippen LogP contribution < -0.4 is 15.4 Å². The van der Waals surface area contributed by atoms with Gasteiger partial charge in [-0.2, -0.15) is 5.26 Å². The molecule has 0 aliphatic rings. The Morgan fingerprint density at radius 3 is 2.32 bits per heavy atom. The third-order valence-electron chi connectivity index (χ3n) is 4.44. The zero-order chi connectivity index (χ0) is 24.7. The van der Waals surface area contributed by atoms with Crippen LogP contribution in [0.3, 0.4) is 0 Å².